The highest BCUT2D eigenvalue weighted by Gasteiger charge is 2.38. The number of hydrogen-bond donors (Lipinski definition) is 1. The van der Waals surface area contributed by atoms with Crippen LogP contribution in [0.3, 0.4) is 0 Å². The van der Waals surface area contributed by atoms with Crippen LogP contribution in [0.25, 0.3) is 0 Å². The molecule has 0 aromatic heterocycles. The standard InChI is InChI=1S/C19H30N2/c1-4-20-19(17-9-5-14(2)6-10-17)15(3)21(18-11-12-18)13-16-7-8-16/h5-6,9-10,15-16,18-20H,4,7-8,11-13H2,1-3H3. The summed E-state index contributed by atoms with van der Waals surface area (Å²) in [4.78, 5) is 2.80. The molecule has 3 rings (SSSR count). The SMILES string of the molecule is CCNC(c1ccc(C)cc1)C(C)N(CC1CC1)C1CC1. The minimum absolute atomic E-state index is 0.454. The van der Waals surface area contributed by atoms with Gasteiger partial charge in [-0.3, -0.25) is 4.90 Å². The second-order valence-electron chi connectivity index (χ2n) is 7.06. The van der Waals surface area contributed by atoms with Crippen LogP contribution >= 0.6 is 0 Å². The third kappa shape index (κ3) is 3.87. The van der Waals surface area contributed by atoms with E-state index in [0.29, 0.717) is 12.1 Å². The van der Waals surface area contributed by atoms with Crippen LogP contribution < -0.4 is 5.32 Å². The van der Waals surface area contributed by atoms with Gasteiger partial charge in [0.1, 0.15) is 0 Å². The van der Waals surface area contributed by atoms with E-state index in [2.05, 4.69) is 55.3 Å². The topological polar surface area (TPSA) is 15.3 Å². The molecule has 2 nitrogen and oxygen atoms in total. The fourth-order valence-electron chi connectivity index (χ4n) is 3.40. The third-order valence-electron chi connectivity index (χ3n) is 5.05. The summed E-state index contributed by atoms with van der Waals surface area (Å²) in [5.41, 5.74) is 2.79. The summed E-state index contributed by atoms with van der Waals surface area (Å²) in [6.07, 6.45) is 5.71. The van der Waals surface area contributed by atoms with E-state index in [1.165, 1.54) is 43.4 Å². The van der Waals surface area contributed by atoms with E-state index in [1.54, 1.807) is 0 Å². The van der Waals surface area contributed by atoms with E-state index < -0.39 is 0 Å². The summed E-state index contributed by atoms with van der Waals surface area (Å²) >= 11 is 0. The van der Waals surface area contributed by atoms with Gasteiger partial charge in [-0.05, 0) is 57.6 Å². The average molecular weight is 286 g/mol. The molecule has 2 unspecified atom stereocenters. The maximum Gasteiger partial charge on any atom is 0.0475 e. The molecule has 0 bridgehead atoms. The van der Waals surface area contributed by atoms with Crippen LogP contribution in [-0.2, 0) is 0 Å². The fraction of sp³-hybridized carbons (Fsp3) is 0.684. The van der Waals surface area contributed by atoms with E-state index in [9.17, 15) is 0 Å². The molecule has 0 amide bonds. The molecule has 1 aromatic rings. The first-order valence-corrected chi connectivity index (χ1v) is 8.74. The lowest BCUT2D eigenvalue weighted by atomic mass is 9.97. The highest BCUT2D eigenvalue weighted by molar-refractivity contribution is 5.25. The van der Waals surface area contributed by atoms with Crippen LogP contribution in [0.4, 0.5) is 0 Å². The summed E-state index contributed by atoms with van der Waals surface area (Å²) < 4.78 is 0. The molecule has 0 heterocycles. The number of hydrogen-bond acceptors (Lipinski definition) is 2. The van der Waals surface area contributed by atoms with E-state index in [1.807, 2.05) is 0 Å². The third-order valence-corrected chi connectivity index (χ3v) is 5.05. The van der Waals surface area contributed by atoms with Crippen molar-refractivity contribution in [2.24, 2.45) is 5.92 Å². The first-order chi connectivity index (χ1) is 10.2. The van der Waals surface area contributed by atoms with Crippen molar-refractivity contribution in [1.29, 1.82) is 0 Å². The molecule has 21 heavy (non-hydrogen) atoms. The highest BCUT2D eigenvalue weighted by atomic mass is 15.2. The van der Waals surface area contributed by atoms with Crippen LogP contribution in [0.5, 0.6) is 0 Å². The van der Waals surface area contributed by atoms with Gasteiger partial charge in [-0.15, -0.1) is 0 Å². The van der Waals surface area contributed by atoms with Crippen molar-refractivity contribution < 1.29 is 0 Å². The summed E-state index contributed by atoms with van der Waals surface area (Å²) in [6.45, 7) is 9.16. The summed E-state index contributed by atoms with van der Waals surface area (Å²) in [6, 6.07) is 11.0. The van der Waals surface area contributed by atoms with Crippen molar-refractivity contribution in [3.05, 3.63) is 35.4 Å². The molecule has 2 fully saturated rings. The van der Waals surface area contributed by atoms with Crippen molar-refractivity contribution in [2.45, 2.75) is 64.6 Å². The Labute approximate surface area is 129 Å². The Balaban J connectivity index is 1.75. The normalized spacial score (nSPS) is 21.5. The van der Waals surface area contributed by atoms with Gasteiger partial charge in [0.05, 0.1) is 0 Å². The van der Waals surface area contributed by atoms with Crippen LogP contribution in [0.15, 0.2) is 24.3 Å². The Morgan fingerprint density at radius 3 is 2.33 bits per heavy atom. The van der Waals surface area contributed by atoms with Gasteiger partial charge in [0.25, 0.3) is 0 Å². The van der Waals surface area contributed by atoms with Crippen molar-refractivity contribution in [1.82, 2.24) is 10.2 Å². The first-order valence-electron chi connectivity index (χ1n) is 8.74. The fourth-order valence-corrected chi connectivity index (χ4v) is 3.40. The van der Waals surface area contributed by atoms with E-state index in [-0.39, 0.29) is 0 Å². The lowest BCUT2D eigenvalue weighted by Gasteiger charge is -2.36. The zero-order chi connectivity index (χ0) is 14.8. The molecule has 0 saturated heterocycles. The van der Waals surface area contributed by atoms with Crippen molar-refractivity contribution in [3.8, 4) is 0 Å². The molecule has 2 atom stereocenters. The van der Waals surface area contributed by atoms with Crippen LogP contribution in [-0.4, -0.2) is 30.1 Å². The summed E-state index contributed by atoms with van der Waals surface area (Å²) in [7, 11) is 0. The Hall–Kier alpha value is -0.860. The predicted molar refractivity (Wildman–Crippen MR) is 89.5 cm³/mol. The van der Waals surface area contributed by atoms with Gasteiger partial charge in [0.15, 0.2) is 0 Å². The molecule has 0 aliphatic heterocycles. The van der Waals surface area contributed by atoms with Crippen LogP contribution in [0.1, 0.15) is 56.7 Å². The molecule has 2 heteroatoms. The van der Waals surface area contributed by atoms with Crippen molar-refractivity contribution in [2.75, 3.05) is 13.1 Å². The average Bonchev–Trinajstić information content (AvgIpc) is 3.36. The second kappa shape index (κ2) is 6.50. The van der Waals surface area contributed by atoms with E-state index >= 15 is 0 Å². The molecule has 1 aromatic carbocycles. The quantitative estimate of drug-likeness (QED) is 0.779. The number of nitrogens with one attached hydrogen (secondary N) is 1. The summed E-state index contributed by atoms with van der Waals surface area (Å²) in [5, 5.41) is 3.73. The van der Waals surface area contributed by atoms with Crippen molar-refractivity contribution in [3.63, 3.8) is 0 Å². The second-order valence-corrected chi connectivity index (χ2v) is 7.06. The summed E-state index contributed by atoms with van der Waals surface area (Å²) in [5.74, 6) is 0.980. The van der Waals surface area contributed by atoms with Gasteiger partial charge in [0, 0.05) is 24.7 Å². The molecule has 116 valence electrons. The lowest BCUT2D eigenvalue weighted by molar-refractivity contribution is 0.153. The Morgan fingerprint density at radius 1 is 1.14 bits per heavy atom. The molecule has 1 N–H and O–H groups in total. The van der Waals surface area contributed by atoms with Gasteiger partial charge in [-0.1, -0.05) is 36.8 Å². The van der Waals surface area contributed by atoms with Gasteiger partial charge in [0.2, 0.25) is 0 Å². The molecular weight excluding hydrogens is 256 g/mol. The zero-order valence-corrected chi connectivity index (χ0v) is 13.8. The zero-order valence-electron chi connectivity index (χ0n) is 13.8. The van der Waals surface area contributed by atoms with Gasteiger partial charge < -0.3 is 5.32 Å². The molecule has 0 spiro atoms. The maximum absolute atomic E-state index is 3.73. The van der Waals surface area contributed by atoms with Crippen LogP contribution in [0.2, 0.25) is 0 Å². The Bertz CT molecular complexity index is 445. The lowest BCUT2D eigenvalue weighted by Crippen LogP contribution is -2.45. The maximum atomic E-state index is 3.73. The van der Waals surface area contributed by atoms with Crippen LogP contribution in [0, 0.1) is 12.8 Å². The van der Waals surface area contributed by atoms with E-state index in [0.717, 1.165) is 18.5 Å². The predicted octanol–water partition coefficient (Wildman–Crippen LogP) is 3.91. The van der Waals surface area contributed by atoms with Crippen molar-refractivity contribution >= 4 is 0 Å². The Morgan fingerprint density at radius 2 is 1.81 bits per heavy atom. The number of rotatable bonds is 8. The molecule has 2 saturated carbocycles. The minimum Gasteiger partial charge on any atom is -0.309 e. The first kappa shape index (κ1) is 15.1. The monoisotopic (exact) mass is 286 g/mol. The number of likely N-dealkylation sites (N-methyl/N-ethyl adjacent to an activating group) is 1. The molecule has 2 aliphatic rings. The van der Waals surface area contributed by atoms with Gasteiger partial charge in [-0.2, -0.15) is 0 Å². The molecule has 0 radical (unpaired) electrons. The van der Waals surface area contributed by atoms with E-state index in [4.69, 9.17) is 0 Å². The van der Waals surface area contributed by atoms with Gasteiger partial charge >= 0.3 is 0 Å². The molecular formula is C19H30N2. The highest BCUT2D eigenvalue weighted by Crippen LogP contribution is 2.38. The molecule has 2 aliphatic carbocycles. The van der Waals surface area contributed by atoms with Gasteiger partial charge in [-0.25, -0.2) is 0 Å². The largest absolute Gasteiger partial charge is 0.309 e. The number of nitrogens with zero attached hydrogens (tertiary/aromatic N) is 1. The minimum atomic E-state index is 0.454. The number of benzene rings is 1. The Kier molecular flexibility index (Phi) is 4.66. The smallest absolute Gasteiger partial charge is 0.0475 e. The number of aryl methyl sites for hydroxylation is 1.